The first-order valence-corrected chi connectivity index (χ1v) is 13.2. The van der Waals surface area contributed by atoms with E-state index in [0.717, 1.165) is 24.2 Å². The Morgan fingerprint density at radius 2 is 1.94 bits per heavy atom. The van der Waals surface area contributed by atoms with Crippen LogP contribution in [0.25, 0.3) is 0 Å². The summed E-state index contributed by atoms with van der Waals surface area (Å²) in [5, 5.41) is 5.54. The normalized spacial score (nSPS) is 27.0. The minimum atomic E-state index is -3.76. The molecule has 1 aliphatic carbocycles. The first-order valence-electron chi connectivity index (χ1n) is 11.7. The van der Waals surface area contributed by atoms with Crippen molar-refractivity contribution in [1.29, 1.82) is 0 Å². The van der Waals surface area contributed by atoms with E-state index in [1.807, 2.05) is 6.92 Å². The van der Waals surface area contributed by atoms with Crippen LogP contribution in [0.3, 0.4) is 0 Å². The van der Waals surface area contributed by atoms with E-state index in [0.29, 0.717) is 25.2 Å². The molecule has 0 radical (unpaired) electrons. The van der Waals surface area contributed by atoms with E-state index in [1.54, 1.807) is 19.1 Å². The van der Waals surface area contributed by atoms with E-state index < -0.39 is 33.5 Å². The molecule has 0 unspecified atom stereocenters. The Morgan fingerprint density at radius 1 is 1.24 bits per heavy atom. The van der Waals surface area contributed by atoms with Crippen LogP contribution in [0.1, 0.15) is 45.1 Å². The van der Waals surface area contributed by atoms with Crippen LogP contribution in [0.2, 0.25) is 0 Å². The lowest BCUT2D eigenvalue weighted by molar-refractivity contribution is -0.138. The van der Waals surface area contributed by atoms with Crippen molar-refractivity contribution >= 4 is 33.6 Å². The predicted octanol–water partition coefficient (Wildman–Crippen LogP) is 1.84. The van der Waals surface area contributed by atoms with Gasteiger partial charge in [0, 0.05) is 18.8 Å². The summed E-state index contributed by atoms with van der Waals surface area (Å²) in [6.07, 6.45) is 3.24. The molecule has 1 saturated carbocycles. The molecule has 1 spiro atoms. The van der Waals surface area contributed by atoms with E-state index in [-0.39, 0.29) is 35.5 Å². The molecule has 10 nitrogen and oxygen atoms in total. The standard InChI is InChI=1S/C23H32N4O6S/c1-15-7-8-18(14-19(15)34(31,32)26-10-12-33-13-11-26)24-20(28)17(3)27-21(29)23(25-22(27)30)9-5-4-6-16(23)2/h7-8,14,16-17H,4-6,9-13H2,1-3H3,(H,24,28)(H,25,30)/t16-,17+,23-/m1/s1. The monoisotopic (exact) mass is 492 g/mol. The van der Waals surface area contributed by atoms with Crippen LogP contribution in [0.15, 0.2) is 23.1 Å². The van der Waals surface area contributed by atoms with Gasteiger partial charge in [-0.2, -0.15) is 4.31 Å². The Balaban J connectivity index is 1.52. The second-order valence-corrected chi connectivity index (χ2v) is 11.3. The number of morpholine rings is 1. The van der Waals surface area contributed by atoms with Crippen LogP contribution in [0.4, 0.5) is 10.5 Å². The number of aryl methyl sites for hydroxylation is 1. The summed E-state index contributed by atoms with van der Waals surface area (Å²) in [7, 11) is -3.76. The number of amides is 4. The molecule has 1 aromatic carbocycles. The average Bonchev–Trinajstić information content (AvgIpc) is 3.06. The molecule has 3 atom stereocenters. The van der Waals surface area contributed by atoms with E-state index in [2.05, 4.69) is 10.6 Å². The average molecular weight is 493 g/mol. The lowest BCUT2D eigenvalue weighted by Crippen LogP contribution is -2.54. The molecule has 3 fully saturated rings. The van der Waals surface area contributed by atoms with Gasteiger partial charge in [0.2, 0.25) is 15.9 Å². The maximum atomic E-state index is 13.3. The van der Waals surface area contributed by atoms with Crippen molar-refractivity contribution in [1.82, 2.24) is 14.5 Å². The molecule has 2 heterocycles. The lowest BCUT2D eigenvalue weighted by atomic mass is 9.73. The second-order valence-electron chi connectivity index (χ2n) is 9.39. The molecule has 2 N–H and O–H groups in total. The molecule has 2 saturated heterocycles. The number of urea groups is 1. The van der Waals surface area contributed by atoms with Crippen molar-refractivity contribution in [3.05, 3.63) is 23.8 Å². The highest BCUT2D eigenvalue weighted by molar-refractivity contribution is 7.89. The Kier molecular flexibility index (Phi) is 6.71. The molecule has 1 aromatic rings. The van der Waals surface area contributed by atoms with E-state index in [9.17, 15) is 22.8 Å². The van der Waals surface area contributed by atoms with Crippen LogP contribution in [0.5, 0.6) is 0 Å². The van der Waals surface area contributed by atoms with Crippen molar-refractivity contribution in [2.24, 2.45) is 5.92 Å². The quantitative estimate of drug-likeness (QED) is 0.605. The highest BCUT2D eigenvalue weighted by Crippen LogP contribution is 2.39. The number of carbonyl (C=O) groups is 3. The summed E-state index contributed by atoms with van der Waals surface area (Å²) in [6.45, 7) is 6.34. The van der Waals surface area contributed by atoms with Crippen LogP contribution in [0, 0.1) is 12.8 Å². The van der Waals surface area contributed by atoms with Gasteiger partial charge in [-0.1, -0.05) is 25.8 Å². The van der Waals surface area contributed by atoms with Gasteiger partial charge in [-0.05, 0) is 50.3 Å². The van der Waals surface area contributed by atoms with Gasteiger partial charge in [-0.3, -0.25) is 9.59 Å². The summed E-state index contributed by atoms with van der Waals surface area (Å²) < 4.78 is 32.9. The van der Waals surface area contributed by atoms with E-state index in [1.165, 1.54) is 17.3 Å². The molecule has 4 rings (SSSR count). The van der Waals surface area contributed by atoms with Crippen molar-refractivity contribution in [2.45, 2.75) is 62.9 Å². The number of nitrogens with one attached hydrogen (secondary N) is 2. The third-order valence-electron chi connectivity index (χ3n) is 7.26. The SMILES string of the molecule is Cc1ccc(NC(=O)[C@H](C)N2C(=O)N[C@@]3(CCCC[C@H]3C)C2=O)cc1S(=O)(=O)N1CCOCC1. The van der Waals surface area contributed by atoms with Crippen molar-refractivity contribution in [2.75, 3.05) is 31.6 Å². The lowest BCUT2D eigenvalue weighted by Gasteiger charge is -2.37. The van der Waals surface area contributed by atoms with Gasteiger partial charge in [0.05, 0.1) is 18.1 Å². The fourth-order valence-corrected chi connectivity index (χ4v) is 6.72. The topological polar surface area (TPSA) is 125 Å². The Hall–Kier alpha value is -2.50. The summed E-state index contributed by atoms with van der Waals surface area (Å²) in [5.41, 5.74) is -0.116. The van der Waals surface area contributed by atoms with Crippen molar-refractivity contribution < 1.29 is 27.5 Å². The number of imide groups is 1. The zero-order valence-corrected chi connectivity index (χ0v) is 20.6. The molecule has 186 valence electrons. The zero-order chi connectivity index (χ0) is 24.7. The Morgan fingerprint density at radius 3 is 2.62 bits per heavy atom. The number of ether oxygens (including phenoxy) is 1. The molecule has 0 bridgehead atoms. The number of hydrogen-bond acceptors (Lipinski definition) is 6. The van der Waals surface area contributed by atoms with E-state index >= 15 is 0 Å². The molecule has 3 aliphatic rings. The number of nitrogens with zero attached hydrogens (tertiary/aromatic N) is 2. The maximum Gasteiger partial charge on any atom is 0.325 e. The van der Waals surface area contributed by atoms with Crippen molar-refractivity contribution in [3.8, 4) is 0 Å². The van der Waals surface area contributed by atoms with Gasteiger partial charge in [-0.15, -0.1) is 0 Å². The number of hydrogen-bond donors (Lipinski definition) is 2. The molecular formula is C23H32N4O6S. The number of sulfonamides is 1. The van der Waals surface area contributed by atoms with Gasteiger partial charge in [0.1, 0.15) is 11.6 Å². The predicted molar refractivity (Wildman–Crippen MR) is 125 cm³/mol. The zero-order valence-electron chi connectivity index (χ0n) is 19.8. The summed E-state index contributed by atoms with van der Waals surface area (Å²) in [4.78, 5) is 40.1. The van der Waals surface area contributed by atoms with Gasteiger partial charge >= 0.3 is 6.03 Å². The minimum Gasteiger partial charge on any atom is -0.379 e. The minimum absolute atomic E-state index is 0.0111. The molecule has 0 aromatic heterocycles. The van der Waals surface area contributed by atoms with Crippen LogP contribution >= 0.6 is 0 Å². The fraction of sp³-hybridized carbons (Fsp3) is 0.609. The van der Waals surface area contributed by atoms with Gasteiger partial charge in [0.15, 0.2) is 0 Å². The molecule has 4 amide bonds. The molecule has 2 aliphatic heterocycles. The first-order chi connectivity index (χ1) is 16.1. The smallest absolute Gasteiger partial charge is 0.325 e. The second kappa shape index (κ2) is 9.27. The summed E-state index contributed by atoms with van der Waals surface area (Å²) in [6, 6.07) is 3.03. The highest BCUT2D eigenvalue weighted by Gasteiger charge is 2.56. The molecular weight excluding hydrogens is 460 g/mol. The molecule has 11 heteroatoms. The number of rotatable bonds is 5. The van der Waals surface area contributed by atoms with Gasteiger partial charge in [0.25, 0.3) is 5.91 Å². The number of carbonyl (C=O) groups excluding carboxylic acids is 3. The third kappa shape index (κ3) is 4.20. The summed E-state index contributed by atoms with van der Waals surface area (Å²) in [5.74, 6) is -0.947. The van der Waals surface area contributed by atoms with Crippen LogP contribution in [-0.4, -0.2) is 73.4 Å². The van der Waals surface area contributed by atoms with Gasteiger partial charge in [-0.25, -0.2) is 18.1 Å². The number of anilines is 1. The molecule has 34 heavy (non-hydrogen) atoms. The summed E-state index contributed by atoms with van der Waals surface area (Å²) >= 11 is 0. The Bertz CT molecular complexity index is 1100. The maximum absolute atomic E-state index is 13.3. The highest BCUT2D eigenvalue weighted by atomic mass is 32.2. The largest absolute Gasteiger partial charge is 0.379 e. The number of benzene rings is 1. The first kappa shape index (κ1) is 24.6. The van der Waals surface area contributed by atoms with Crippen LogP contribution < -0.4 is 10.6 Å². The van der Waals surface area contributed by atoms with Crippen LogP contribution in [-0.2, 0) is 24.3 Å². The Labute approximate surface area is 200 Å². The van der Waals surface area contributed by atoms with E-state index in [4.69, 9.17) is 4.74 Å². The van der Waals surface area contributed by atoms with Gasteiger partial charge < -0.3 is 15.4 Å². The fourth-order valence-electron chi connectivity index (χ4n) is 5.06. The third-order valence-corrected chi connectivity index (χ3v) is 9.30. The van der Waals surface area contributed by atoms with Crippen molar-refractivity contribution in [3.63, 3.8) is 0 Å².